The third-order valence-corrected chi connectivity index (χ3v) is 6.35. The summed E-state index contributed by atoms with van der Waals surface area (Å²) in [5, 5.41) is 12.6. The topological polar surface area (TPSA) is 76.3 Å². The quantitative estimate of drug-likeness (QED) is 0.625. The molecule has 2 aromatic carbocycles. The first-order valence-corrected chi connectivity index (χ1v) is 10.0. The zero-order valence-corrected chi connectivity index (χ0v) is 17.3. The van der Waals surface area contributed by atoms with E-state index in [9.17, 15) is 10.1 Å². The van der Waals surface area contributed by atoms with Gasteiger partial charge in [0.1, 0.15) is 11.7 Å². The van der Waals surface area contributed by atoms with Gasteiger partial charge in [-0.2, -0.15) is 5.26 Å². The average Bonchev–Trinajstić information content (AvgIpc) is 3.07. The van der Waals surface area contributed by atoms with E-state index in [0.717, 1.165) is 16.1 Å². The molecule has 1 aromatic heterocycles. The third-order valence-electron chi connectivity index (χ3n) is 4.90. The van der Waals surface area contributed by atoms with Crippen molar-refractivity contribution in [1.29, 1.82) is 5.26 Å². The Morgan fingerprint density at radius 1 is 1.14 bits per heavy atom. The summed E-state index contributed by atoms with van der Waals surface area (Å²) in [6, 6.07) is 17.2. The van der Waals surface area contributed by atoms with Gasteiger partial charge in [-0.25, -0.2) is 0 Å². The lowest BCUT2D eigenvalue weighted by molar-refractivity contribution is -0.119. The number of nitriles is 1. The average molecular weight is 424 g/mol. The van der Waals surface area contributed by atoms with E-state index in [1.54, 1.807) is 20.3 Å². The van der Waals surface area contributed by atoms with Crippen molar-refractivity contribution < 1.29 is 14.3 Å². The molecule has 2 heterocycles. The van der Waals surface area contributed by atoms with Crippen LogP contribution in [-0.4, -0.2) is 24.7 Å². The monoisotopic (exact) mass is 423 g/mol. The number of nitrogens with zero attached hydrogens (tertiary/aromatic N) is 2. The van der Waals surface area contributed by atoms with Crippen LogP contribution in [0.4, 0.5) is 5.82 Å². The van der Waals surface area contributed by atoms with E-state index in [1.165, 1.54) is 11.3 Å². The lowest BCUT2D eigenvalue weighted by Crippen LogP contribution is -2.33. The van der Waals surface area contributed by atoms with Crippen molar-refractivity contribution in [3.63, 3.8) is 0 Å². The first kappa shape index (κ1) is 19.2. The number of anilines is 1. The van der Waals surface area contributed by atoms with E-state index >= 15 is 0 Å². The number of ether oxygens (including phenoxy) is 2. The maximum absolute atomic E-state index is 12.8. The van der Waals surface area contributed by atoms with E-state index < -0.39 is 11.8 Å². The van der Waals surface area contributed by atoms with E-state index in [0.29, 0.717) is 21.3 Å². The normalized spacial score (nSPS) is 17.8. The van der Waals surface area contributed by atoms with Crippen molar-refractivity contribution in [2.45, 2.75) is 5.92 Å². The van der Waals surface area contributed by atoms with Crippen LogP contribution in [0.1, 0.15) is 16.4 Å². The van der Waals surface area contributed by atoms with Gasteiger partial charge in [0.15, 0.2) is 15.5 Å². The molecule has 1 aliphatic rings. The van der Waals surface area contributed by atoms with Crippen LogP contribution in [0.3, 0.4) is 0 Å². The van der Waals surface area contributed by atoms with E-state index in [1.807, 2.05) is 47.0 Å². The summed E-state index contributed by atoms with van der Waals surface area (Å²) in [5.74, 6) is 0.0536. The summed E-state index contributed by atoms with van der Waals surface area (Å²) < 4.78 is 13.2. The molecule has 0 bridgehead atoms. The maximum atomic E-state index is 12.8. The number of thiazole rings is 1. The number of para-hydroxylation sites is 1. The molecule has 1 aliphatic heterocycles. The number of aromatic nitrogens is 1. The first-order valence-electron chi connectivity index (χ1n) is 8.82. The van der Waals surface area contributed by atoms with Gasteiger partial charge in [0.05, 0.1) is 25.2 Å². The van der Waals surface area contributed by atoms with Gasteiger partial charge in [0.2, 0.25) is 5.91 Å². The molecule has 29 heavy (non-hydrogen) atoms. The molecule has 0 saturated carbocycles. The number of fused-ring (bicyclic) bond motifs is 1. The maximum Gasteiger partial charge on any atom is 0.243 e. The van der Waals surface area contributed by atoms with Crippen LogP contribution >= 0.6 is 23.6 Å². The number of nitrogens with one attached hydrogen (secondary N) is 1. The second-order valence-corrected chi connectivity index (χ2v) is 8.12. The van der Waals surface area contributed by atoms with E-state index in [4.69, 9.17) is 21.7 Å². The molecule has 4 rings (SSSR count). The minimum absolute atomic E-state index is 0.350. The van der Waals surface area contributed by atoms with Gasteiger partial charge >= 0.3 is 0 Å². The van der Waals surface area contributed by atoms with Crippen molar-refractivity contribution in [3.8, 4) is 23.3 Å². The number of hydrogen-bond acceptors (Lipinski definition) is 6. The zero-order chi connectivity index (χ0) is 20.5. The molecule has 2 atom stereocenters. The molecule has 0 aliphatic carbocycles. The third kappa shape index (κ3) is 3.18. The highest BCUT2D eigenvalue weighted by atomic mass is 32.1. The Balaban J connectivity index is 1.93. The Labute approximate surface area is 176 Å². The van der Waals surface area contributed by atoms with Crippen LogP contribution < -0.4 is 14.8 Å². The number of rotatable bonds is 4. The molecule has 1 N–H and O–H groups in total. The lowest BCUT2D eigenvalue weighted by Gasteiger charge is -2.28. The minimum atomic E-state index is -0.877. The van der Waals surface area contributed by atoms with Gasteiger partial charge in [-0.05, 0) is 42.0 Å². The highest BCUT2D eigenvalue weighted by Crippen LogP contribution is 2.46. The van der Waals surface area contributed by atoms with Crippen LogP contribution in [0, 0.1) is 21.2 Å². The molecule has 3 aromatic rings. The molecule has 8 heteroatoms. The molecular weight excluding hydrogens is 406 g/mol. The van der Waals surface area contributed by atoms with Gasteiger partial charge in [-0.1, -0.05) is 24.3 Å². The molecule has 6 nitrogen and oxygen atoms in total. The Morgan fingerprint density at radius 2 is 1.86 bits per heavy atom. The molecular formula is C21H17N3O3S2. The molecule has 0 fully saturated rings. The van der Waals surface area contributed by atoms with Crippen molar-refractivity contribution in [2.24, 2.45) is 5.92 Å². The summed E-state index contributed by atoms with van der Waals surface area (Å²) in [5.41, 5.74) is 1.65. The molecule has 0 spiro atoms. The van der Waals surface area contributed by atoms with Crippen LogP contribution in [-0.2, 0) is 4.79 Å². The summed E-state index contributed by atoms with van der Waals surface area (Å²) >= 11 is 7.01. The largest absolute Gasteiger partial charge is 0.493 e. The van der Waals surface area contributed by atoms with Gasteiger partial charge in [-0.15, -0.1) is 11.3 Å². The van der Waals surface area contributed by atoms with E-state index in [-0.39, 0.29) is 5.91 Å². The molecule has 1 amide bonds. The SMILES string of the molecule is COc1ccc(C2c3sc(=S)n(-c4ccccc4)c3NC(=O)C2C#N)cc1OC. The molecule has 2 unspecified atom stereocenters. The van der Waals surface area contributed by atoms with Crippen LogP contribution in [0.5, 0.6) is 11.5 Å². The predicted molar refractivity (Wildman–Crippen MR) is 114 cm³/mol. The summed E-state index contributed by atoms with van der Waals surface area (Å²) in [7, 11) is 3.12. The van der Waals surface area contributed by atoms with Gasteiger partial charge in [0.25, 0.3) is 0 Å². The second-order valence-electron chi connectivity index (χ2n) is 6.44. The van der Waals surface area contributed by atoms with Crippen LogP contribution in [0.2, 0.25) is 0 Å². The van der Waals surface area contributed by atoms with Crippen LogP contribution in [0.25, 0.3) is 5.69 Å². The molecule has 146 valence electrons. The highest BCUT2D eigenvalue weighted by Gasteiger charge is 2.40. The number of carbonyl (C=O) groups excluding carboxylic acids is 1. The molecule has 0 saturated heterocycles. The number of hydrogen-bond donors (Lipinski definition) is 1. The Bertz CT molecular complexity index is 1180. The second kappa shape index (κ2) is 7.70. The van der Waals surface area contributed by atoms with Crippen molar-refractivity contribution in [2.75, 3.05) is 19.5 Å². The van der Waals surface area contributed by atoms with Gasteiger partial charge in [0, 0.05) is 11.6 Å². The molecule has 0 radical (unpaired) electrons. The number of methoxy groups -OCH3 is 2. The predicted octanol–water partition coefficient (Wildman–Crippen LogP) is 4.51. The Morgan fingerprint density at radius 3 is 2.52 bits per heavy atom. The number of amides is 1. The standard InChI is InChI=1S/C21H17N3O3S2/c1-26-15-9-8-12(10-16(15)27-2)17-14(11-22)20(25)23-19-18(17)29-21(28)24(19)13-6-4-3-5-7-13/h3-10,14,17H,1-2H3,(H,23,25). The van der Waals surface area contributed by atoms with Crippen LogP contribution in [0.15, 0.2) is 48.5 Å². The van der Waals surface area contributed by atoms with E-state index in [2.05, 4.69) is 11.4 Å². The smallest absolute Gasteiger partial charge is 0.243 e. The number of carbonyl (C=O) groups is 1. The number of benzene rings is 2. The lowest BCUT2D eigenvalue weighted by atomic mass is 9.82. The summed E-state index contributed by atoms with van der Waals surface area (Å²) in [6.45, 7) is 0. The van der Waals surface area contributed by atoms with Crippen molar-refractivity contribution >= 4 is 35.3 Å². The highest BCUT2D eigenvalue weighted by molar-refractivity contribution is 7.73. The fourth-order valence-electron chi connectivity index (χ4n) is 3.55. The fraction of sp³-hybridized carbons (Fsp3) is 0.190. The Hall–Kier alpha value is -3.15. The summed E-state index contributed by atoms with van der Waals surface area (Å²) in [4.78, 5) is 13.7. The van der Waals surface area contributed by atoms with Crippen molar-refractivity contribution in [1.82, 2.24) is 4.57 Å². The first-order chi connectivity index (χ1) is 14.1. The summed E-state index contributed by atoms with van der Waals surface area (Å²) in [6.07, 6.45) is 0. The van der Waals surface area contributed by atoms with Crippen molar-refractivity contribution in [3.05, 3.63) is 62.9 Å². The zero-order valence-electron chi connectivity index (χ0n) is 15.7. The fourth-order valence-corrected chi connectivity index (χ4v) is 5.13. The van der Waals surface area contributed by atoms with Gasteiger partial charge < -0.3 is 14.8 Å². The Kier molecular flexibility index (Phi) is 5.09. The van der Waals surface area contributed by atoms with Gasteiger partial charge in [-0.3, -0.25) is 9.36 Å². The minimum Gasteiger partial charge on any atom is -0.493 e.